The molecule has 1 atom stereocenters. The highest BCUT2D eigenvalue weighted by Crippen LogP contribution is 2.19. The molecule has 0 saturated heterocycles. The number of benzene rings is 1. The highest BCUT2D eigenvalue weighted by Gasteiger charge is 2.07. The second-order valence-corrected chi connectivity index (χ2v) is 5.47. The summed E-state index contributed by atoms with van der Waals surface area (Å²) < 4.78 is 6.85. The lowest BCUT2D eigenvalue weighted by atomic mass is 10.0. The smallest absolute Gasteiger partial charge is 0.120 e. The molecule has 0 fully saturated rings. The third kappa shape index (κ3) is 6.41. The van der Waals surface area contributed by atoms with Crippen molar-refractivity contribution in [1.82, 2.24) is 5.32 Å². The molecule has 0 heterocycles. The molecule has 0 spiro atoms. The Morgan fingerprint density at radius 2 is 2.11 bits per heavy atom. The molecule has 0 aliphatic carbocycles. The molecule has 102 valence electrons. The van der Waals surface area contributed by atoms with Gasteiger partial charge in [-0.05, 0) is 50.0 Å². The number of hydrogen-bond donors (Lipinski definition) is 1. The van der Waals surface area contributed by atoms with E-state index in [-0.39, 0.29) is 0 Å². The van der Waals surface area contributed by atoms with Gasteiger partial charge in [-0.1, -0.05) is 42.3 Å². The predicted molar refractivity (Wildman–Crippen MR) is 81.2 cm³/mol. The summed E-state index contributed by atoms with van der Waals surface area (Å²) in [6.07, 6.45) is 3.63. The summed E-state index contributed by atoms with van der Waals surface area (Å²) in [7, 11) is 0. The standard InChI is InChI=1S/C15H24BrNO/c1-3-6-13(12-17-4-2)9-10-18-15-8-5-7-14(16)11-15/h5,7-8,11,13,17H,3-4,6,9-10,12H2,1-2H3. The average molecular weight is 314 g/mol. The molecule has 1 rings (SSSR count). The molecule has 1 aromatic carbocycles. The first-order chi connectivity index (χ1) is 8.76. The first-order valence-electron chi connectivity index (χ1n) is 6.85. The Kier molecular flexibility index (Phi) is 8.10. The van der Waals surface area contributed by atoms with Gasteiger partial charge in [0.25, 0.3) is 0 Å². The van der Waals surface area contributed by atoms with Crippen LogP contribution in [0.4, 0.5) is 0 Å². The predicted octanol–water partition coefficient (Wildman–Crippen LogP) is 4.24. The van der Waals surface area contributed by atoms with E-state index in [4.69, 9.17) is 4.74 Å². The minimum Gasteiger partial charge on any atom is -0.494 e. The fourth-order valence-electron chi connectivity index (χ4n) is 2.01. The van der Waals surface area contributed by atoms with Crippen molar-refractivity contribution < 1.29 is 4.74 Å². The first-order valence-corrected chi connectivity index (χ1v) is 7.64. The lowest BCUT2D eigenvalue weighted by molar-refractivity contribution is 0.268. The fraction of sp³-hybridized carbons (Fsp3) is 0.600. The van der Waals surface area contributed by atoms with Gasteiger partial charge in [-0.3, -0.25) is 0 Å². The highest BCUT2D eigenvalue weighted by molar-refractivity contribution is 9.10. The molecular weight excluding hydrogens is 290 g/mol. The maximum absolute atomic E-state index is 5.79. The summed E-state index contributed by atoms with van der Waals surface area (Å²) in [5.74, 6) is 1.67. The summed E-state index contributed by atoms with van der Waals surface area (Å²) in [4.78, 5) is 0. The van der Waals surface area contributed by atoms with E-state index in [9.17, 15) is 0 Å². The van der Waals surface area contributed by atoms with Gasteiger partial charge in [0.2, 0.25) is 0 Å². The normalized spacial score (nSPS) is 12.4. The molecule has 0 bridgehead atoms. The molecule has 2 nitrogen and oxygen atoms in total. The largest absolute Gasteiger partial charge is 0.494 e. The number of nitrogens with one attached hydrogen (secondary N) is 1. The third-order valence-electron chi connectivity index (χ3n) is 2.97. The number of hydrogen-bond acceptors (Lipinski definition) is 2. The molecule has 1 aromatic rings. The van der Waals surface area contributed by atoms with Crippen LogP contribution in [0.5, 0.6) is 5.75 Å². The molecule has 0 amide bonds. The van der Waals surface area contributed by atoms with Gasteiger partial charge in [0.05, 0.1) is 6.61 Å². The summed E-state index contributed by atoms with van der Waals surface area (Å²) in [5, 5.41) is 3.43. The maximum Gasteiger partial charge on any atom is 0.120 e. The van der Waals surface area contributed by atoms with Crippen LogP contribution in [0.15, 0.2) is 28.7 Å². The van der Waals surface area contributed by atoms with Crippen LogP contribution >= 0.6 is 15.9 Å². The molecule has 0 aliphatic heterocycles. The Bertz CT molecular complexity index is 330. The molecule has 0 saturated carbocycles. The van der Waals surface area contributed by atoms with Crippen LogP contribution in [0, 0.1) is 5.92 Å². The van der Waals surface area contributed by atoms with Gasteiger partial charge in [0.15, 0.2) is 0 Å². The minimum atomic E-state index is 0.724. The molecule has 0 aromatic heterocycles. The van der Waals surface area contributed by atoms with Crippen molar-refractivity contribution in [2.45, 2.75) is 33.1 Å². The second-order valence-electron chi connectivity index (χ2n) is 4.56. The van der Waals surface area contributed by atoms with E-state index in [0.717, 1.165) is 42.3 Å². The van der Waals surface area contributed by atoms with Gasteiger partial charge in [0.1, 0.15) is 5.75 Å². The Balaban J connectivity index is 2.29. The van der Waals surface area contributed by atoms with E-state index in [1.54, 1.807) is 0 Å². The average Bonchev–Trinajstić information content (AvgIpc) is 2.36. The summed E-state index contributed by atoms with van der Waals surface area (Å²) in [5.41, 5.74) is 0. The van der Waals surface area contributed by atoms with Gasteiger partial charge in [-0.2, -0.15) is 0 Å². The van der Waals surface area contributed by atoms with Crippen LogP contribution in [-0.4, -0.2) is 19.7 Å². The monoisotopic (exact) mass is 313 g/mol. The van der Waals surface area contributed by atoms with Crippen LogP contribution in [0.2, 0.25) is 0 Å². The topological polar surface area (TPSA) is 21.3 Å². The zero-order valence-corrected chi connectivity index (χ0v) is 13.0. The van der Waals surface area contributed by atoms with Crippen LogP contribution in [-0.2, 0) is 0 Å². The van der Waals surface area contributed by atoms with E-state index in [1.165, 1.54) is 12.8 Å². The SMILES string of the molecule is CCCC(CCOc1cccc(Br)c1)CNCC. The van der Waals surface area contributed by atoms with Gasteiger partial charge in [-0.15, -0.1) is 0 Å². The summed E-state index contributed by atoms with van der Waals surface area (Å²) >= 11 is 3.45. The van der Waals surface area contributed by atoms with Gasteiger partial charge in [-0.25, -0.2) is 0 Å². The van der Waals surface area contributed by atoms with Crippen molar-refractivity contribution in [2.75, 3.05) is 19.7 Å². The van der Waals surface area contributed by atoms with Gasteiger partial charge < -0.3 is 10.1 Å². The van der Waals surface area contributed by atoms with E-state index in [0.29, 0.717) is 0 Å². The second kappa shape index (κ2) is 9.40. The number of rotatable bonds is 9. The van der Waals surface area contributed by atoms with Crippen LogP contribution < -0.4 is 10.1 Å². The van der Waals surface area contributed by atoms with Crippen molar-refractivity contribution in [1.29, 1.82) is 0 Å². The zero-order chi connectivity index (χ0) is 13.2. The van der Waals surface area contributed by atoms with E-state index in [1.807, 2.05) is 24.3 Å². The Morgan fingerprint density at radius 1 is 1.28 bits per heavy atom. The van der Waals surface area contributed by atoms with Crippen LogP contribution in [0.3, 0.4) is 0 Å². The van der Waals surface area contributed by atoms with E-state index >= 15 is 0 Å². The van der Waals surface area contributed by atoms with Gasteiger partial charge >= 0.3 is 0 Å². The lowest BCUT2D eigenvalue weighted by Gasteiger charge is -2.16. The molecular formula is C15H24BrNO. The van der Waals surface area contributed by atoms with Crippen molar-refractivity contribution in [3.05, 3.63) is 28.7 Å². The summed E-state index contributed by atoms with van der Waals surface area (Å²) in [6.45, 7) is 7.35. The molecule has 0 radical (unpaired) electrons. The van der Waals surface area contributed by atoms with Crippen LogP contribution in [0.1, 0.15) is 33.1 Å². The van der Waals surface area contributed by atoms with Crippen molar-refractivity contribution >= 4 is 15.9 Å². The Hall–Kier alpha value is -0.540. The van der Waals surface area contributed by atoms with Crippen molar-refractivity contribution in [2.24, 2.45) is 5.92 Å². The molecule has 18 heavy (non-hydrogen) atoms. The summed E-state index contributed by atoms with van der Waals surface area (Å²) in [6, 6.07) is 8.03. The van der Waals surface area contributed by atoms with E-state index in [2.05, 4.69) is 35.1 Å². The Morgan fingerprint density at radius 3 is 2.78 bits per heavy atom. The quantitative estimate of drug-likeness (QED) is 0.736. The molecule has 0 aliphatic rings. The number of halogens is 1. The molecule has 1 unspecified atom stereocenters. The highest BCUT2D eigenvalue weighted by atomic mass is 79.9. The number of ether oxygens (including phenoxy) is 1. The van der Waals surface area contributed by atoms with Crippen molar-refractivity contribution in [3.63, 3.8) is 0 Å². The fourth-order valence-corrected chi connectivity index (χ4v) is 2.38. The van der Waals surface area contributed by atoms with E-state index < -0.39 is 0 Å². The lowest BCUT2D eigenvalue weighted by Crippen LogP contribution is -2.23. The van der Waals surface area contributed by atoms with Crippen LogP contribution in [0.25, 0.3) is 0 Å². The minimum absolute atomic E-state index is 0.724. The first kappa shape index (κ1) is 15.5. The molecule has 1 N–H and O–H groups in total. The maximum atomic E-state index is 5.79. The Labute approximate surface area is 119 Å². The van der Waals surface area contributed by atoms with Crippen molar-refractivity contribution in [3.8, 4) is 5.75 Å². The zero-order valence-electron chi connectivity index (χ0n) is 11.4. The molecule has 3 heteroatoms. The van der Waals surface area contributed by atoms with Gasteiger partial charge in [0, 0.05) is 4.47 Å². The third-order valence-corrected chi connectivity index (χ3v) is 3.46.